The van der Waals surface area contributed by atoms with Gasteiger partial charge >= 0.3 is 30.0 Å². The highest BCUT2D eigenvalue weighted by Crippen LogP contribution is 2.52. The Morgan fingerprint density at radius 1 is 0.967 bits per heavy atom. The topological polar surface area (TPSA) is 38.3 Å². The number of ether oxygens (including phenoxy) is 1. The van der Waals surface area contributed by atoms with Crippen LogP contribution in [0.1, 0.15) is 19.0 Å². The first-order valence-corrected chi connectivity index (χ1v) is 8.62. The first-order valence-electron chi connectivity index (χ1n) is 7.89. The van der Waals surface area contributed by atoms with Crippen molar-refractivity contribution < 1.29 is 53.0 Å². The summed E-state index contributed by atoms with van der Waals surface area (Å²) in [6.45, 7) is -4.34. The summed E-state index contributed by atoms with van der Waals surface area (Å²) in [7, 11) is 0. The van der Waals surface area contributed by atoms with Crippen LogP contribution in [0.4, 0.5) is 48.3 Å². The molecule has 0 fully saturated rings. The number of halogens is 11. The van der Waals surface area contributed by atoms with Crippen molar-refractivity contribution in [3.05, 3.63) is 11.8 Å². The first-order chi connectivity index (χ1) is 13.4. The number of rotatable bonds is 7. The third-order valence-corrected chi connectivity index (χ3v) is 4.58. The van der Waals surface area contributed by atoms with Crippen molar-refractivity contribution in [1.29, 1.82) is 0 Å². The smallest absolute Gasteiger partial charge is 0.460 e. The molecule has 4 nitrogen and oxygen atoms in total. The Morgan fingerprint density at radius 2 is 1.57 bits per heavy atom. The van der Waals surface area contributed by atoms with E-state index in [1.807, 2.05) is 0 Å². The quantitative estimate of drug-likeness (QED) is 0.404. The summed E-state index contributed by atoms with van der Waals surface area (Å²) < 4.78 is 156. The molecule has 2 heterocycles. The van der Waals surface area contributed by atoms with Gasteiger partial charge in [0.2, 0.25) is 0 Å². The van der Waals surface area contributed by atoms with E-state index in [4.69, 9.17) is 0 Å². The fourth-order valence-corrected chi connectivity index (χ4v) is 2.89. The molecule has 30 heavy (non-hydrogen) atoms. The van der Waals surface area contributed by atoms with Gasteiger partial charge in [-0.15, -0.1) is 4.37 Å². The van der Waals surface area contributed by atoms with Crippen molar-refractivity contribution in [1.82, 2.24) is 13.6 Å². The van der Waals surface area contributed by atoms with Crippen LogP contribution in [0.25, 0.3) is 5.57 Å². The van der Waals surface area contributed by atoms with E-state index in [0.717, 1.165) is 0 Å². The summed E-state index contributed by atoms with van der Waals surface area (Å²) in [5.74, 6) is -25.1. The van der Waals surface area contributed by atoms with E-state index in [9.17, 15) is 48.3 Å². The zero-order valence-corrected chi connectivity index (χ0v) is 15.5. The Kier molecular flexibility index (Phi) is 6.36. The lowest BCUT2D eigenvalue weighted by atomic mass is 10.00. The van der Waals surface area contributed by atoms with Gasteiger partial charge in [-0.2, -0.15) is 52.7 Å². The van der Waals surface area contributed by atoms with Crippen LogP contribution in [0.3, 0.4) is 0 Å². The van der Waals surface area contributed by atoms with Gasteiger partial charge in [0.15, 0.2) is 6.61 Å². The molecular formula is C14H12F11N3OS. The molecule has 0 bridgehead atoms. The van der Waals surface area contributed by atoms with Crippen molar-refractivity contribution in [2.75, 3.05) is 19.7 Å². The Hall–Kier alpha value is -1.71. The predicted molar refractivity (Wildman–Crippen MR) is 81.1 cm³/mol. The van der Waals surface area contributed by atoms with Crippen LogP contribution in [0.2, 0.25) is 0 Å². The van der Waals surface area contributed by atoms with E-state index in [1.165, 1.54) is 6.08 Å². The van der Waals surface area contributed by atoms with Crippen LogP contribution >= 0.6 is 11.7 Å². The maximum absolute atomic E-state index is 13.7. The van der Waals surface area contributed by atoms with Crippen LogP contribution in [0.5, 0.6) is 5.88 Å². The molecule has 0 aliphatic carbocycles. The van der Waals surface area contributed by atoms with Crippen molar-refractivity contribution in [3.8, 4) is 5.88 Å². The minimum absolute atomic E-state index is 0.0537. The predicted octanol–water partition coefficient (Wildman–Crippen LogP) is 5.09. The average molecular weight is 479 g/mol. The van der Waals surface area contributed by atoms with Crippen molar-refractivity contribution in [3.63, 3.8) is 0 Å². The number of hydrogen-bond acceptors (Lipinski definition) is 5. The van der Waals surface area contributed by atoms with Gasteiger partial charge in [0.05, 0.1) is 11.7 Å². The number of nitrogens with zero attached hydrogens (tertiary/aromatic N) is 3. The lowest BCUT2D eigenvalue weighted by molar-refractivity contribution is -0.365. The van der Waals surface area contributed by atoms with Crippen LogP contribution in [-0.2, 0) is 0 Å². The van der Waals surface area contributed by atoms with Crippen LogP contribution in [-0.4, -0.2) is 63.3 Å². The second-order valence-corrected chi connectivity index (χ2v) is 6.88. The number of aromatic nitrogens is 2. The van der Waals surface area contributed by atoms with Gasteiger partial charge in [-0.25, -0.2) is 4.90 Å². The van der Waals surface area contributed by atoms with Crippen LogP contribution in [0, 0.1) is 0 Å². The maximum atomic E-state index is 13.7. The van der Waals surface area contributed by atoms with Gasteiger partial charge in [-0.05, 0) is 12.0 Å². The van der Waals surface area contributed by atoms with Crippen molar-refractivity contribution >= 4 is 17.3 Å². The molecule has 0 saturated carbocycles. The van der Waals surface area contributed by atoms with E-state index in [0.29, 0.717) is 0 Å². The van der Waals surface area contributed by atoms with Gasteiger partial charge in [-0.3, -0.25) is 0 Å². The highest BCUT2D eigenvalue weighted by atomic mass is 32.1. The first kappa shape index (κ1) is 24.6. The SMILES string of the molecule is CC(F)(F)C(F)(F)C(F)(F)C(F)(F)COc1nsnc1C1=CCCN(C(F)(F)F)C1. The molecule has 0 atom stereocenters. The second-order valence-electron chi connectivity index (χ2n) is 6.36. The summed E-state index contributed by atoms with van der Waals surface area (Å²) in [6.07, 6.45) is -3.60. The molecular weight excluding hydrogens is 467 g/mol. The van der Waals surface area contributed by atoms with Crippen molar-refractivity contribution in [2.24, 2.45) is 0 Å². The maximum Gasteiger partial charge on any atom is 0.460 e. The zero-order chi connectivity index (χ0) is 23.2. The lowest BCUT2D eigenvalue weighted by Gasteiger charge is -2.35. The molecule has 1 aromatic rings. The molecule has 1 aromatic heterocycles. The minimum Gasteiger partial charge on any atom is -0.469 e. The van der Waals surface area contributed by atoms with E-state index in [2.05, 4.69) is 13.5 Å². The molecule has 0 saturated heterocycles. The van der Waals surface area contributed by atoms with Gasteiger partial charge in [0.1, 0.15) is 5.69 Å². The summed E-state index contributed by atoms with van der Waals surface area (Å²) >= 11 is 0.270. The third kappa shape index (κ3) is 4.48. The molecule has 2 rings (SSSR count). The van der Waals surface area contributed by atoms with E-state index in [-0.39, 0.29) is 28.6 Å². The number of alkyl halides is 11. The largest absolute Gasteiger partial charge is 0.469 e. The normalized spacial score (nSPS) is 17.8. The molecule has 1 aliphatic heterocycles. The highest BCUT2D eigenvalue weighted by Gasteiger charge is 2.79. The lowest BCUT2D eigenvalue weighted by Crippen LogP contribution is -2.62. The fourth-order valence-electron chi connectivity index (χ4n) is 2.36. The zero-order valence-electron chi connectivity index (χ0n) is 14.7. The molecule has 0 amide bonds. The summed E-state index contributed by atoms with van der Waals surface area (Å²) in [5.41, 5.74) is -0.663. The van der Waals surface area contributed by atoms with E-state index >= 15 is 0 Å². The minimum atomic E-state index is -6.51. The Labute approximate surface area is 165 Å². The van der Waals surface area contributed by atoms with Crippen molar-refractivity contribution in [2.45, 2.75) is 43.3 Å². The summed E-state index contributed by atoms with van der Waals surface area (Å²) in [6, 6.07) is 0. The molecule has 172 valence electrons. The molecule has 1 aliphatic rings. The van der Waals surface area contributed by atoms with E-state index < -0.39 is 68.2 Å². The summed E-state index contributed by atoms with van der Waals surface area (Å²) in [4.78, 5) is 0.0537. The average Bonchev–Trinajstić information content (AvgIpc) is 3.06. The standard InChI is InChI=1S/C14H12F11N3OS/c1-10(15,16)12(19,20)13(21,22)11(17,18)6-29-9-8(26-30-27-9)7-3-2-4-28(5-7)14(23,24)25/h3H,2,4-6H2,1H3. The van der Waals surface area contributed by atoms with Gasteiger partial charge in [0.25, 0.3) is 5.88 Å². The summed E-state index contributed by atoms with van der Waals surface area (Å²) in [5, 5.41) is 0. The Bertz CT molecular complexity index is 785. The molecule has 0 spiro atoms. The third-order valence-electron chi connectivity index (χ3n) is 4.07. The molecule has 0 N–H and O–H groups in total. The molecule has 0 aromatic carbocycles. The number of hydrogen-bond donors (Lipinski definition) is 0. The van der Waals surface area contributed by atoms with Gasteiger partial charge in [-0.1, -0.05) is 6.08 Å². The fraction of sp³-hybridized carbons (Fsp3) is 0.714. The van der Waals surface area contributed by atoms with Gasteiger partial charge < -0.3 is 4.74 Å². The molecule has 16 heteroatoms. The van der Waals surface area contributed by atoms with E-state index in [1.54, 1.807) is 0 Å². The molecule has 0 radical (unpaired) electrons. The van der Waals surface area contributed by atoms with Crippen LogP contribution in [0.15, 0.2) is 6.08 Å². The highest BCUT2D eigenvalue weighted by molar-refractivity contribution is 6.99. The Balaban J connectivity index is 2.20. The second kappa shape index (κ2) is 7.76. The Morgan fingerprint density at radius 3 is 2.10 bits per heavy atom. The van der Waals surface area contributed by atoms with Gasteiger partial charge in [0, 0.05) is 20.0 Å². The monoisotopic (exact) mass is 479 g/mol. The molecule has 0 unspecified atom stereocenters. The van der Waals surface area contributed by atoms with Crippen LogP contribution < -0.4 is 4.74 Å².